The van der Waals surface area contributed by atoms with Gasteiger partial charge < -0.3 is 10.1 Å². The van der Waals surface area contributed by atoms with Gasteiger partial charge in [-0.1, -0.05) is 11.6 Å². The number of nitrogens with zero attached hydrogens (tertiary/aromatic N) is 1. The Balaban J connectivity index is 2.31. The molecule has 23 heavy (non-hydrogen) atoms. The highest BCUT2D eigenvalue weighted by Crippen LogP contribution is 2.27. The van der Waals surface area contributed by atoms with E-state index < -0.39 is 16.8 Å². The van der Waals surface area contributed by atoms with Crippen molar-refractivity contribution in [2.75, 3.05) is 11.9 Å². The summed E-state index contributed by atoms with van der Waals surface area (Å²) in [7, 11) is 0. The molecule has 1 heterocycles. The topological polar surface area (TPSA) is 98.5 Å². The number of anilines is 1. The van der Waals surface area contributed by atoms with Gasteiger partial charge in [-0.05, 0) is 30.5 Å². The second-order valence-electron chi connectivity index (χ2n) is 4.26. The number of nitro benzene ring substituents is 1. The van der Waals surface area contributed by atoms with E-state index >= 15 is 0 Å². The Morgan fingerprint density at radius 2 is 2.09 bits per heavy atom. The zero-order chi connectivity index (χ0) is 17.0. The number of nitro groups is 1. The third kappa shape index (κ3) is 3.85. The van der Waals surface area contributed by atoms with Crippen LogP contribution in [-0.2, 0) is 4.74 Å². The van der Waals surface area contributed by atoms with Crippen molar-refractivity contribution in [3.8, 4) is 0 Å². The van der Waals surface area contributed by atoms with Gasteiger partial charge in [0.1, 0.15) is 10.6 Å². The van der Waals surface area contributed by atoms with E-state index in [0.717, 1.165) is 17.4 Å². The molecule has 0 spiro atoms. The average Bonchev–Trinajstić information content (AvgIpc) is 2.95. The minimum absolute atomic E-state index is 0.189. The Morgan fingerprint density at radius 1 is 1.35 bits per heavy atom. The monoisotopic (exact) mass is 354 g/mol. The SMILES string of the molecule is CCOC(=O)c1ccsc1NC(=O)c1cc(Cl)ccc1[N+](=O)[O-]. The fourth-order valence-corrected chi connectivity index (χ4v) is 2.74. The lowest BCUT2D eigenvalue weighted by Crippen LogP contribution is -2.15. The van der Waals surface area contributed by atoms with Gasteiger partial charge in [0, 0.05) is 11.1 Å². The summed E-state index contributed by atoms with van der Waals surface area (Å²) in [5.41, 5.74) is -0.373. The molecule has 0 atom stereocenters. The number of ether oxygens (including phenoxy) is 1. The molecular formula is C14H11ClN2O5S. The molecule has 9 heteroatoms. The van der Waals surface area contributed by atoms with Crippen molar-refractivity contribution in [1.82, 2.24) is 0 Å². The van der Waals surface area contributed by atoms with Crippen molar-refractivity contribution >= 4 is 45.5 Å². The minimum atomic E-state index is -0.729. The van der Waals surface area contributed by atoms with Crippen LogP contribution >= 0.6 is 22.9 Å². The third-order valence-corrected chi connectivity index (χ3v) is 3.85. The van der Waals surface area contributed by atoms with Crippen molar-refractivity contribution < 1.29 is 19.2 Å². The summed E-state index contributed by atoms with van der Waals surface area (Å²) < 4.78 is 4.88. The largest absolute Gasteiger partial charge is 0.462 e. The molecule has 0 unspecified atom stereocenters. The van der Waals surface area contributed by atoms with E-state index in [4.69, 9.17) is 16.3 Å². The molecule has 0 aliphatic carbocycles. The number of hydrogen-bond acceptors (Lipinski definition) is 6. The van der Waals surface area contributed by atoms with E-state index in [0.29, 0.717) is 0 Å². The summed E-state index contributed by atoms with van der Waals surface area (Å²) in [5.74, 6) is -1.31. The molecule has 0 saturated carbocycles. The van der Waals surface area contributed by atoms with Crippen LogP contribution in [-0.4, -0.2) is 23.4 Å². The van der Waals surface area contributed by atoms with Crippen LogP contribution in [0.1, 0.15) is 27.6 Å². The second kappa shape index (κ2) is 7.21. The molecular weight excluding hydrogens is 344 g/mol. The van der Waals surface area contributed by atoms with Gasteiger partial charge in [0.2, 0.25) is 0 Å². The van der Waals surface area contributed by atoms with Crippen LogP contribution in [0.15, 0.2) is 29.6 Å². The van der Waals surface area contributed by atoms with E-state index in [-0.39, 0.29) is 33.4 Å². The standard InChI is InChI=1S/C14H11ClN2O5S/c1-2-22-14(19)9-5-6-23-13(9)16-12(18)10-7-8(15)3-4-11(10)17(20)21/h3-7H,2H2,1H3,(H,16,18). The number of hydrogen-bond donors (Lipinski definition) is 1. The predicted octanol–water partition coefficient (Wildman–Crippen LogP) is 3.74. The molecule has 0 bridgehead atoms. The second-order valence-corrected chi connectivity index (χ2v) is 5.61. The number of esters is 1. The number of amides is 1. The molecule has 0 saturated heterocycles. The Labute approximate surface area is 140 Å². The molecule has 1 aromatic carbocycles. The third-order valence-electron chi connectivity index (χ3n) is 2.79. The summed E-state index contributed by atoms with van der Waals surface area (Å²) in [6.07, 6.45) is 0. The number of thiophene rings is 1. The summed E-state index contributed by atoms with van der Waals surface area (Å²) in [6.45, 7) is 1.86. The van der Waals surface area contributed by atoms with E-state index in [9.17, 15) is 19.7 Å². The predicted molar refractivity (Wildman–Crippen MR) is 86.3 cm³/mol. The fourth-order valence-electron chi connectivity index (χ4n) is 1.80. The normalized spacial score (nSPS) is 10.2. The number of nitrogens with one attached hydrogen (secondary N) is 1. The van der Waals surface area contributed by atoms with Crippen molar-refractivity contribution in [3.63, 3.8) is 0 Å². The van der Waals surface area contributed by atoms with Crippen LogP contribution in [0.25, 0.3) is 0 Å². The quantitative estimate of drug-likeness (QED) is 0.501. The smallest absolute Gasteiger partial charge is 0.341 e. The van der Waals surface area contributed by atoms with Crippen LogP contribution in [0.5, 0.6) is 0 Å². The maximum Gasteiger partial charge on any atom is 0.341 e. The van der Waals surface area contributed by atoms with Crippen LogP contribution in [0.3, 0.4) is 0 Å². The highest BCUT2D eigenvalue weighted by Gasteiger charge is 2.23. The maximum atomic E-state index is 12.3. The Bertz CT molecular complexity index is 774. The van der Waals surface area contributed by atoms with Crippen LogP contribution < -0.4 is 5.32 Å². The number of benzene rings is 1. The van der Waals surface area contributed by atoms with Crippen LogP contribution in [0, 0.1) is 10.1 Å². The van der Waals surface area contributed by atoms with E-state index in [1.165, 1.54) is 18.2 Å². The lowest BCUT2D eigenvalue weighted by molar-refractivity contribution is -0.385. The first-order chi connectivity index (χ1) is 10.9. The molecule has 7 nitrogen and oxygen atoms in total. The first-order valence-corrected chi connectivity index (χ1v) is 7.69. The van der Waals surface area contributed by atoms with Crippen molar-refractivity contribution in [1.29, 1.82) is 0 Å². The molecule has 0 aliphatic heterocycles. The molecule has 1 aromatic heterocycles. The van der Waals surface area contributed by atoms with Gasteiger partial charge in [-0.15, -0.1) is 11.3 Å². The van der Waals surface area contributed by atoms with E-state index in [2.05, 4.69) is 5.32 Å². The van der Waals surface area contributed by atoms with Crippen LogP contribution in [0.4, 0.5) is 10.7 Å². The Hall–Kier alpha value is -2.45. The van der Waals surface area contributed by atoms with Gasteiger partial charge in [-0.2, -0.15) is 0 Å². The fraction of sp³-hybridized carbons (Fsp3) is 0.143. The number of carbonyl (C=O) groups excluding carboxylic acids is 2. The van der Waals surface area contributed by atoms with Gasteiger partial charge in [-0.3, -0.25) is 14.9 Å². The zero-order valence-electron chi connectivity index (χ0n) is 11.9. The molecule has 0 aliphatic rings. The van der Waals surface area contributed by atoms with Crippen molar-refractivity contribution in [2.24, 2.45) is 0 Å². The average molecular weight is 355 g/mol. The summed E-state index contributed by atoms with van der Waals surface area (Å²) in [4.78, 5) is 34.4. The molecule has 0 fully saturated rings. The maximum absolute atomic E-state index is 12.3. The van der Waals surface area contributed by atoms with Gasteiger partial charge in [0.25, 0.3) is 11.6 Å². The molecule has 0 radical (unpaired) electrons. The van der Waals surface area contributed by atoms with Gasteiger partial charge in [0.15, 0.2) is 0 Å². The first-order valence-electron chi connectivity index (χ1n) is 6.44. The van der Waals surface area contributed by atoms with Crippen LogP contribution in [0.2, 0.25) is 5.02 Å². The Morgan fingerprint density at radius 3 is 2.74 bits per heavy atom. The lowest BCUT2D eigenvalue weighted by Gasteiger charge is -2.07. The minimum Gasteiger partial charge on any atom is -0.462 e. The van der Waals surface area contributed by atoms with E-state index in [1.807, 2.05) is 0 Å². The number of halogens is 1. The van der Waals surface area contributed by atoms with Gasteiger partial charge in [-0.25, -0.2) is 4.79 Å². The summed E-state index contributed by atoms with van der Waals surface area (Å²) >= 11 is 6.91. The van der Waals surface area contributed by atoms with Crippen molar-refractivity contribution in [3.05, 3.63) is 55.9 Å². The van der Waals surface area contributed by atoms with Crippen molar-refractivity contribution in [2.45, 2.75) is 6.92 Å². The molecule has 1 N–H and O–H groups in total. The molecule has 120 valence electrons. The highest BCUT2D eigenvalue weighted by atomic mass is 35.5. The first kappa shape index (κ1) is 16.9. The Kier molecular flexibility index (Phi) is 5.30. The highest BCUT2D eigenvalue weighted by molar-refractivity contribution is 7.14. The zero-order valence-corrected chi connectivity index (χ0v) is 13.4. The van der Waals surface area contributed by atoms with E-state index in [1.54, 1.807) is 12.3 Å². The number of rotatable bonds is 5. The van der Waals surface area contributed by atoms with Gasteiger partial charge >= 0.3 is 5.97 Å². The molecule has 2 rings (SSSR count). The lowest BCUT2D eigenvalue weighted by atomic mass is 10.1. The summed E-state index contributed by atoms with van der Waals surface area (Å²) in [5, 5.41) is 15.5. The number of carbonyl (C=O) groups is 2. The molecule has 2 aromatic rings. The molecule has 1 amide bonds. The summed E-state index contributed by atoms with van der Waals surface area (Å²) in [6, 6.07) is 5.18. The van der Waals surface area contributed by atoms with Gasteiger partial charge in [0.05, 0.1) is 17.1 Å².